The molecule has 11 N–H and O–H groups in total. The van der Waals surface area contributed by atoms with Gasteiger partial charge >= 0.3 is 5.97 Å². The van der Waals surface area contributed by atoms with Crippen LogP contribution in [0.15, 0.2) is 173 Å². The number of carboxylic acid groups (broad SMARTS) is 1. The van der Waals surface area contributed by atoms with Crippen LogP contribution >= 0.6 is 0 Å². The lowest BCUT2D eigenvalue weighted by atomic mass is 9.71. The minimum Gasteiger partial charge on any atom is -0.481 e. The van der Waals surface area contributed by atoms with Gasteiger partial charge in [0.25, 0.3) is 0 Å². The number of amides is 6. The van der Waals surface area contributed by atoms with Crippen molar-refractivity contribution in [3.63, 3.8) is 0 Å². The van der Waals surface area contributed by atoms with Crippen LogP contribution in [0, 0.1) is 22.7 Å². The van der Waals surface area contributed by atoms with Crippen molar-refractivity contribution >= 4 is 70.5 Å². The Morgan fingerprint density at radius 3 is 1.98 bits per heavy atom. The number of benzene rings is 5. The first-order chi connectivity index (χ1) is 46.0. The lowest BCUT2D eigenvalue weighted by molar-refractivity contribution is -0.141. The zero-order chi connectivity index (χ0) is 67.7. The fourth-order valence-electron chi connectivity index (χ4n) is 11.8. The van der Waals surface area contributed by atoms with E-state index in [-0.39, 0.29) is 69.1 Å². The molecule has 1 aliphatic carbocycles. The molecule has 2 heterocycles. The average Bonchev–Trinajstić information content (AvgIpc) is 1.57. The predicted molar refractivity (Wildman–Crippen MR) is 359 cm³/mol. The fourth-order valence-corrected chi connectivity index (χ4v) is 11.8. The van der Waals surface area contributed by atoms with Crippen LogP contribution in [0.25, 0.3) is 17.2 Å². The molecule has 0 aromatic heterocycles. The number of guanidine groups is 1. The maximum absolute atomic E-state index is 14.5. The molecule has 5 atom stereocenters. The number of rotatable bonds is 28. The van der Waals surface area contributed by atoms with E-state index >= 15 is 0 Å². The van der Waals surface area contributed by atoms with Crippen molar-refractivity contribution in [3.05, 3.63) is 191 Å². The molecule has 0 bridgehead atoms. The Labute approximate surface area is 552 Å². The number of hydrogen-bond donors (Lipinski definition) is 9. The Morgan fingerprint density at radius 2 is 1.32 bits per heavy atom. The standard InChI is InChI=1S/C72H80N12O11/c1-3-93-36-37-94-35-32-72(58-39-49(24-27-55-41-50(38-47(2)95-55)51(44-73)45-74)25-28-56(58)57-29-26-54(42-59(57)72)84(52-18-9-5-10-19-52)53-20-11-6-12-21-53)31-30-64(85)77-33-14-13-22-61-68(90)81-60(23-15-34-78-71(75)76)67(89)79-46-65(86)80-63(43-66(87)88)70(92)83-62(69(91)82-61)40-48-16-7-4-8-17-48/h4-12,16-21,24-29,38-39,41-42,60-63H,3,13-15,22-23,30-37,40,43,46H2,1-2H3,(H,77,85)(H,79,89)(H,80,86)(H,81,90)(H,82,91)(H,83,92)(H,87,88)(H4,75,76,78)/b27-24+/t60-,61-,62+,63-,72?/m0/s1. The third kappa shape index (κ3) is 19.6. The summed E-state index contributed by atoms with van der Waals surface area (Å²) in [5.41, 5.74) is 18.8. The molecule has 0 radical (unpaired) electrons. The summed E-state index contributed by atoms with van der Waals surface area (Å²) in [6.07, 6.45) is 7.77. The Balaban J connectivity index is 1.07. The highest BCUT2D eigenvalue weighted by molar-refractivity contribution is 5.98. The number of carbonyl (C=O) groups is 7. The zero-order valence-electron chi connectivity index (χ0n) is 53.2. The summed E-state index contributed by atoms with van der Waals surface area (Å²) in [4.78, 5) is 102. The number of aliphatic imine (C=N–C) groups is 1. The molecule has 95 heavy (non-hydrogen) atoms. The Hall–Kier alpha value is -10.9. The molecule has 1 saturated heterocycles. The Kier molecular flexibility index (Phi) is 25.6. The van der Waals surface area contributed by atoms with E-state index in [1.807, 2.05) is 67.6 Å². The summed E-state index contributed by atoms with van der Waals surface area (Å²) in [7, 11) is 0. The monoisotopic (exact) mass is 1290 g/mol. The van der Waals surface area contributed by atoms with Crippen LogP contribution in [-0.4, -0.2) is 123 Å². The van der Waals surface area contributed by atoms with Crippen LogP contribution in [0.4, 0.5) is 17.1 Å². The van der Waals surface area contributed by atoms with Crippen molar-refractivity contribution in [2.45, 2.75) is 108 Å². The summed E-state index contributed by atoms with van der Waals surface area (Å²) in [5.74, 6) is -5.11. The normalized spacial score (nSPS) is 18.8. The summed E-state index contributed by atoms with van der Waals surface area (Å²) in [6.45, 7) is 4.86. The molecule has 5 aromatic carbocycles. The molecule has 8 rings (SSSR count). The SMILES string of the molecule is CCOCCOCCC1(CCC(=O)NCCCC[C@@H]2NC(=O)[C@@H](Cc3ccccc3)NC(=O)[C@H](CC(=O)O)NC(=O)CNC(=O)[C@H](CCCN=C(N)N)NC2=O)c2cc(/C=C/C3=CC(=C(C#N)C#N)C=C(C)O3)ccc2-c2ccc(N(c3ccccc3)c3ccccc3)cc21. The number of hydrogen-bond acceptors (Lipinski definition) is 14. The fraction of sp³-hybridized carbons (Fsp3) is 0.333. The molecule has 494 valence electrons. The number of carboxylic acids is 1. The minimum absolute atomic E-state index is 0.000504. The molecule has 3 aliphatic rings. The highest BCUT2D eigenvalue weighted by atomic mass is 16.5. The number of allylic oxidation sites excluding steroid dienone is 6. The van der Waals surface area contributed by atoms with Gasteiger partial charge in [0, 0.05) is 67.2 Å². The van der Waals surface area contributed by atoms with Gasteiger partial charge in [0.05, 0.1) is 26.2 Å². The zero-order valence-corrected chi connectivity index (χ0v) is 53.2. The number of ether oxygens (including phenoxy) is 3. The molecular formula is C72H80N12O11. The minimum atomic E-state index is -1.65. The van der Waals surface area contributed by atoms with Crippen molar-refractivity contribution < 1.29 is 52.9 Å². The maximum atomic E-state index is 14.5. The van der Waals surface area contributed by atoms with E-state index in [9.17, 15) is 49.2 Å². The van der Waals surface area contributed by atoms with Gasteiger partial charge in [0.1, 0.15) is 53.4 Å². The smallest absolute Gasteiger partial charge is 0.305 e. The Bertz CT molecular complexity index is 3760. The number of carbonyl (C=O) groups excluding carboxylic acids is 6. The van der Waals surface area contributed by atoms with E-state index in [1.54, 1.807) is 55.5 Å². The van der Waals surface area contributed by atoms with Gasteiger partial charge in [-0.15, -0.1) is 0 Å². The molecule has 23 nitrogen and oxygen atoms in total. The second-order valence-corrected chi connectivity index (χ2v) is 23.1. The van der Waals surface area contributed by atoms with Crippen LogP contribution < -0.4 is 48.3 Å². The highest BCUT2D eigenvalue weighted by Gasteiger charge is 2.44. The molecule has 0 saturated carbocycles. The summed E-state index contributed by atoms with van der Waals surface area (Å²) < 4.78 is 18.0. The van der Waals surface area contributed by atoms with Gasteiger partial charge in [-0.1, -0.05) is 97.1 Å². The quantitative estimate of drug-likeness (QED) is 0.0106. The first-order valence-electron chi connectivity index (χ1n) is 31.7. The molecular weight excluding hydrogens is 1210 g/mol. The number of aliphatic carboxylic acids is 1. The third-order valence-corrected chi connectivity index (χ3v) is 16.4. The van der Waals surface area contributed by atoms with Gasteiger partial charge in [0.2, 0.25) is 35.4 Å². The first kappa shape index (κ1) is 70.0. The first-order valence-corrected chi connectivity index (χ1v) is 31.7. The molecule has 5 aromatic rings. The van der Waals surface area contributed by atoms with Crippen molar-refractivity contribution in [3.8, 4) is 23.3 Å². The van der Waals surface area contributed by atoms with Crippen LogP contribution in [0.1, 0.15) is 93.9 Å². The highest BCUT2D eigenvalue weighted by Crippen LogP contribution is 2.55. The molecule has 1 unspecified atom stereocenters. The van der Waals surface area contributed by atoms with Crippen molar-refractivity contribution in [1.29, 1.82) is 10.5 Å². The number of nitrogens with two attached hydrogens (primary N) is 2. The number of nitrogens with zero attached hydrogens (tertiary/aromatic N) is 4. The average molecular weight is 1290 g/mol. The number of anilines is 3. The topological polar surface area (TPSA) is 355 Å². The van der Waals surface area contributed by atoms with Crippen LogP contribution in [-0.2, 0) is 59.6 Å². The summed E-state index contributed by atoms with van der Waals surface area (Å²) in [5, 5.41) is 45.1. The van der Waals surface area contributed by atoms with Gasteiger partial charge in [-0.25, -0.2) is 0 Å². The second-order valence-electron chi connectivity index (χ2n) is 23.1. The van der Waals surface area contributed by atoms with E-state index in [1.165, 1.54) is 0 Å². The van der Waals surface area contributed by atoms with E-state index in [2.05, 4.69) is 96.4 Å². The van der Waals surface area contributed by atoms with Gasteiger partial charge in [-0.2, -0.15) is 10.5 Å². The Morgan fingerprint density at radius 1 is 0.705 bits per heavy atom. The lowest BCUT2D eigenvalue weighted by Crippen LogP contribution is -2.58. The molecule has 6 amide bonds. The second kappa shape index (κ2) is 34.7. The van der Waals surface area contributed by atoms with Gasteiger partial charge in [0.15, 0.2) is 5.96 Å². The maximum Gasteiger partial charge on any atom is 0.305 e. The van der Waals surface area contributed by atoms with Gasteiger partial charge in [-0.05, 0) is 147 Å². The number of para-hydroxylation sites is 2. The molecule has 23 heteroatoms. The van der Waals surface area contributed by atoms with Crippen LogP contribution in [0.2, 0.25) is 0 Å². The number of nitrogens with one attached hydrogen (secondary N) is 6. The lowest BCUT2D eigenvalue weighted by Gasteiger charge is -2.34. The van der Waals surface area contributed by atoms with Crippen molar-refractivity contribution in [1.82, 2.24) is 31.9 Å². The molecule has 0 spiro atoms. The van der Waals surface area contributed by atoms with Crippen molar-refractivity contribution in [2.24, 2.45) is 16.5 Å². The van der Waals surface area contributed by atoms with E-state index in [0.29, 0.717) is 68.3 Å². The summed E-state index contributed by atoms with van der Waals surface area (Å²) >= 11 is 0. The van der Waals surface area contributed by atoms with Gasteiger partial charge in [-0.3, -0.25) is 38.6 Å². The third-order valence-electron chi connectivity index (χ3n) is 16.4. The predicted octanol–water partition coefficient (Wildman–Crippen LogP) is 6.95. The van der Waals surface area contributed by atoms with E-state index in [0.717, 1.165) is 44.9 Å². The van der Waals surface area contributed by atoms with Gasteiger partial charge < -0.3 is 67.6 Å². The van der Waals surface area contributed by atoms with Crippen LogP contribution in [0.5, 0.6) is 0 Å². The van der Waals surface area contributed by atoms with E-state index in [4.69, 9.17) is 25.7 Å². The number of unbranched alkanes of at least 4 members (excludes halogenated alkanes) is 1. The molecule has 1 fully saturated rings. The van der Waals surface area contributed by atoms with Crippen LogP contribution in [0.3, 0.4) is 0 Å². The van der Waals surface area contributed by atoms with E-state index < -0.39 is 78.1 Å². The largest absolute Gasteiger partial charge is 0.481 e. The van der Waals surface area contributed by atoms with Crippen molar-refractivity contribution in [2.75, 3.05) is 51.0 Å². The molecule has 2 aliphatic heterocycles. The summed E-state index contributed by atoms with van der Waals surface area (Å²) in [6, 6.07) is 39.9. The number of fused-ring (bicyclic) bond motifs is 3. The number of nitriles is 2.